The lowest BCUT2D eigenvalue weighted by molar-refractivity contribution is 1.01. The van der Waals surface area contributed by atoms with E-state index in [0.717, 1.165) is 15.9 Å². The predicted octanol–water partition coefficient (Wildman–Crippen LogP) is 1.80. The maximum absolute atomic E-state index is 3.96. The van der Waals surface area contributed by atoms with Gasteiger partial charge in [-0.2, -0.15) is 0 Å². The van der Waals surface area contributed by atoms with Crippen molar-refractivity contribution in [2.75, 3.05) is 0 Å². The fourth-order valence-corrected chi connectivity index (χ4v) is 1.31. The van der Waals surface area contributed by atoms with E-state index in [0.29, 0.717) is 0 Å². The summed E-state index contributed by atoms with van der Waals surface area (Å²) >= 11 is 3.36. The first kappa shape index (κ1) is 6.79. The molecule has 2 aromatic rings. The molecule has 0 aliphatic carbocycles. The van der Waals surface area contributed by atoms with Crippen molar-refractivity contribution in [2.24, 2.45) is 0 Å². The first-order valence-corrected chi connectivity index (χ1v) is 4.03. The number of pyridine rings is 1. The van der Waals surface area contributed by atoms with Gasteiger partial charge in [0.1, 0.15) is 5.82 Å². The summed E-state index contributed by atoms with van der Waals surface area (Å²) in [4.78, 5) is 0. The zero-order valence-electron chi connectivity index (χ0n) is 5.95. The highest BCUT2D eigenvalue weighted by Crippen LogP contribution is 2.11. The minimum Gasteiger partial charge on any atom is -0.287 e. The summed E-state index contributed by atoms with van der Waals surface area (Å²) in [6.45, 7) is 1.92. The van der Waals surface area contributed by atoms with Crippen LogP contribution in [-0.2, 0) is 0 Å². The molecule has 11 heavy (non-hydrogen) atoms. The Kier molecular flexibility index (Phi) is 1.42. The molecule has 0 unspecified atom stereocenters. The highest BCUT2D eigenvalue weighted by Gasteiger charge is 1.98. The summed E-state index contributed by atoms with van der Waals surface area (Å²) in [5, 5.41) is 7.89. The number of aromatic nitrogens is 3. The third kappa shape index (κ3) is 1.03. The monoisotopic (exact) mass is 211 g/mol. The molecule has 0 atom stereocenters. The number of halogens is 1. The SMILES string of the molecule is Cc1nnc2cc(Br)ccn12. The molecule has 0 radical (unpaired) electrons. The predicted molar refractivity (Wildman–Crippen MR) is 45.4 cm³/mol. The van der Waals surface area contributed by atoms with Crippen LogP contribution in [0, 0.1) is 6.92 Å². The van der Waals surface area contributed by atoms with Crippen molar-refractivity contribution in [1.82, 2.24) is 14.6 Å². The highest BCUT2D eigenvalue weighted by atomic mass is 79.9. The van der Waals surface area contributed by atoms with Crippen molar-refractivity contribution in [3.63, 3.8) is 0 Å². The van der Waals surface area contributed by atoms with E-state index in [2.05, 4.69) is 26.1 Å². The summed E-state index contributed by atoms with van der Waals surface area (Å²) in [6, 6.07) is 3.89. The first-order valence-electron chi connectivity index (χ1n) is 3.24. The number of hydrogen-bond donors (Lipinski definition) is 0. The Morgan fingerprint density at radius 1 is 1.45 bits per heavy atom. The molecule has 0 fully saturated rings. The summed E-state index contributed by atoms with van der Waals surface area (Å²) < 4.78 is 2.96. The summed E-state index contributed by atoms with van der Waals surface area (Å²) in [7, 11) is 0. The van der Waals surface area contributed by atoms with Crippen molar-refractivity contribution in [1.29, 1.82) is 0 Å². The average Bonchev–Trinajstić information content (AvgIpc) is 2.32. The van der Waals surface area contributed by atoms with Crippen LogP contribution in [0.2, 0.25) is 0 Å². The molecule has 0 N–H and O–H groups in total. The van der Waals surface area contributed by atoms with Crippen molar-refractivity contribution in [2.45, 2.75) is 6.92 Å². The van der Waals surface area contributed by atoms with Crippen molar-refractivity contribution >= 4 is 21.6 Å². The van der Waals surface area contributed by atoms with E-state index in [1.54, 1.807) is 0 Å². The summed E-state index contributed by atoms with van der Waals surface area (Å²) in [6.07, 6.45) is 1.94. The molecule has 0 saturated heterocycles. The van der Waals surface area contributed by atoms with Crippen LogP contribution in [0.5, 0.6) is 0 Å². The Balaban J connectivity index is 2.86. The molecule has 56 valence electrons. The first-order chi connectivity index (χ1) is 5.27. The molecule has 0 amide bonds. The largest absolute Gasteiger partial charge is 0.287 e. The standard InChI is InChI=1S/C7H6BrN3/c1-5-9-10-7-4-6(8)2-3-11(5)7/h2-4H,1H3. The molecule has 2 aromatic heterocycles. The van der Waals surface area contributed by atoms with Gasteiger partial charge in [0, 0.05) is 10.7 Å². The van der Waals surface area contributed by atoms with Gasteiger partial charge in [0.2, 0.25) is 0 Å². The van der Waals surface area contributed by atoms with Crippen LogP contribution in [-0.4, -0.2) is 14.6 Å². The zero-order chi connectivity index (χ0) is 7.84. The van der Waals surface area contributed by atoms with E-state index >= 15 is 0 Å². The molecular formula is C7H6BrN3. The van der Waals surface area contributed by atoms with Gasteiger partial charge in [-0.05, 0) is 19.1 Å². The third-order valence-electron chi connectivity index (χ3n) is 1.54. The minimum absolute atomic E-state index is 0.872. The van der Waals surface area contributed by atoms with Crippen molar-refractivity contribution < 1.29 is 0 Å². The van der Waals surface area contributed by atoms with E-state index < -0.39 is 0 Å². The van der Waals surface area contributed by atoms with E-state index in [1.807, 2.05) is 29.7 Å². The lowest BCUT2D eigenvalue weighted by Crippen LogP contribution is -1.85. The number of hydrogen-bond acceptors (Lipinski definition) is 2. The van der Waals surface area contributed by atoms with E-state index in [1.165, 1.54) is 0 Å². The lowest BCUT2D eigenvalue weighted by atomic mass is 10.5. The molecule has 2 rings (SSSR count). The van der Waals surface area contributed by atoms with Gasteiger partial charge in [0.15, 0.2) is 5.65 Å². The number of aryl methyl sites for hydroxylation is 1. The van der Waals surface area contributed by atoms with Gasteiger partial charge >= 0.3 is 0 Å². The van der Waals surface area contributed by atoms with E-state index in [9.17, 15) is 0 Å². The quantitative estimate of drug-likeness (QED) is 0.666. The maximum atomic E-state index is 3.96. The summed E-state index contributed by atoms with van der Waals surface area (Å²) in [5.74, 6) is 0.910. The molecule has 0 bridgehead atoms. The molecule has 0 spiro atoms. The van der Waals surface area contributed by atoms with Gasteiger partial charge < -0.3 is 0 Å². The molecular weight excluding hydrogens is 206 g/mol. The second-order valence-electron chi connectivity index (χ2n) is 2.32. The molecule has 0 saturated carbocycles. The van der Waals surface area contributed by atoms with Crippen LogP contribution in [0.3, 0.4) is 0 Å². The Bertz CT molecular complexity index is 393. The van der Waals surface area contributed by atoms with Crippen molar-refractivity contribution in [3.8, 4) is 0 Å². The Hall–Kier alpha value is -0.900. The highest BCUT2D eigenvalue weighted by molar-refractivity contribution is 9.10. The van der Waals surface area contributed by atoms with Crippen LogP contribution in [0.4, 0.5) is 0 Å². The van der Waals surface area contributed by atoms with Crippen LogP contribution < -0.4 is 0 Å². The average molecular weight is 212 g/mol. The second kappa shape index (κ2) is 2.30. The Morgan fingerprint density at radius 2 is 2.27 bits per heavy atom. The van der Waals surface area contributed by atoms with Gasteiger partial charge in [0.25, 0.3) is 0 Å². The van der Waals surface area contributed by atoms with Gasteiger partial charge in [-0.1, -0.05) is 15.9 Å². The molecule has 0 aromatic carbocycles. The molecule has 2 heterocycles. The van der Waals surface area contributed by atoms with Crippen LogP contribution in [0.1, 0.15) is 5.82 Å². The molecule has 0 aliphatic rings. The lowest BCUT2D eigenvalue weighted by Gasteiger charge is -1.92. The van der Waals surface area contributed by atoms with E-state index in [4.69, 9.17) is 0 Å². The maximum Gasteiger partial charge on any atom is 0.161 e. The van der Waals surface area contributed by atoms with Crippen molar-refractivity contribution in [3.05, 3.63) is 28.6 Å². The van der Waals surface area contributed by atoms with Crippen LogP contribution >= 0.6 is 15.9 Å². The number of fused-ring (bicyclic) bond motifs is 1. The van der Waals surface area contributed by atoms with Gasteiger partial charge in [-0.25, -0.2) is 0 Å². The number of nitrogens with zero attached hydrogens (tertiary/aromatic N) is 3. The van der Waals surface area contributed by atoms with Gasteiger partial charge in [0.05, 0.1) is 0 Å². The van der Waals surface area contributed by atoms with Gasteiger partial charge in [-0.3, -0.25) is 4.40 Å². The smallest absolute Gasteiger partial charge is 0.161 e. The Morgan fingerprint density at radius 3 is 3.09 bits per heavy atom. The van der Waals surface area contributed by atoms with E-state index in [-0.39, 0.29) is 0 Å². The summed E-state index contributed by atoms with van der Waals surface area (Å²) in [5.41, 5.74) is 0.872. The zero-order valence-corrected chi connectivity index (χ0v) is 7.54. The third-order valence-corrected chi connectivity index (χ3v) is 2.04. The van der Waals surface area contributed by atoms with Crippen LogP contribution in [0.15, 0.2) is 22.8 Å². The normalized spacial score (nSPS) is 10.7. The fraction of sp³-hybridized carbons (Fsp3) is 0.143. The number of rotatable bonds is 0. The molecule has 4 heteroatoms. The molecule has 3 nitrogen and oxygen atoms in total. The topological polar surface area (TPSA) is 30.2 Å². The van der Waals surface area contributed by atoms with Gasteiger partial charge in [-0.15, -0.1) is 10.2 Å². The Labute approximate surface area is 72.2 Å². The van der Waals surface area contributed by atoms with Crippen LogP contribution in [0.25, 0.3) is 5.65 Å². The second-order valence-corrected chi connectivity index (χ2v) is 3.24. The minimum atomic E-state index is 0.872. The molecule has 0 aliphatic heterocycles. The fourth-order valence-electron chi connectivity index (χ4n) is 0.986.